The molecule has 1 heterocycles. The third-order valence-corrected chi connectivity index (χ3v) is 10.9. The van der Waals surface area contributed by atoms with E-state index in [1.165, 1.54) is 12.1 Å². The minimum absolute atomic E-state index is 0.0470. The third kappa shape index (κ3) is 5.04. The molecule has 2 rings (SSSR count). The van der Waals surface area contributed by atoms with Crippen LogP contribution in [0.2, 0.25) is 18.1 Å². The van der Waals surface area contributed by atoms with Crippen molar-refractivity contribution in [1.29, 1.82) is 0 Å². The molecule has 1 aliphatic rings. The Kier molecular flexibility index (Phi) is 6.06. The second-order valence-electron chi connectivity index (χ2n) is 8.34. The van der Waals surface area contributed by atoms with Gasteiger partial charge in [-0.05, 0) is 36.2 Å². The zero-order valence-corrected chi connectivity index (χ0v) is 18.0. The second-order valence-corrected chi connectivity index (χ2v) is 14.8. The molecule has 154 valence electrons. The molecule has 1 aliphatic heterocycles. The zero-order chi connectivity index (χ0) is 20.7. The van der Waals surface area contributed by atoms with Crippen LogP contribution < -0.4 is 10.0 Å². The van der Waals surface area contributed by atoms with E-state index >= 15 is 0 Å². The topological polar surface area (TPSA) is 67.4 Å². The largest absolute Gasteiger partial charge is 0.516 e. The average Bonchev–Trinajstić information content (AvgIpc) is 2.92. The highest BCUT2D eigenvalue weighted by Gasteiger charge is 2.46. The highest BCUT2D eigenvalue weighted by molar-refractivity contribution is 7.93. The maximum absolute atomic E-state index is 12.7. The fraction of sp³-hybridized carbons (Fsp3) is 0.647. The first kappa shape index (κ1) is 22.2. The molecule has 5 nitrogen and oxygen atoms in total. The number of halogens is 3. The molecule has 27 heavy (non-hydrogen) atoms. The van der Waals surface area contributed by atoms with Gasteiger partial charge >= 0.3 is 15.5 Å². The van der Waals surface area contributed by atoms with E-state index in [0.717, 1.165) is 0 Å². The number of para-hydroxylation sites is 1. The molecule has 0 saturated carbocycles. The van der Waals surface area contributed by atoms with E-state index in [1.807, 2.05) is 0 Å². The summed E-state index contributed by atoms with van der Waals surface area (Å²) in [5.74, 6) is 0. The van der Waals surface area contributed by atoms with Gasteiger partial charge in [-0.3, -0.25) is 4.72 Å². The van der Waals surface area contributed by atoms with Crippen molar-refractivity contribution < 1.29 is 26.0 Å². The standard InChI is InChI=1S/C17H27F3N2O3SSi/c1-16(2,3)27(4,5)25-12-10-15(21-11-12)13-8-6-7-9-14(13)22-26(23,24)17(18,19)20/h6-9,12,15,21-22H,10-11H2,1-5H3/t12-,15+/m1/s1. The van der Waals surface area contributed by atoms with E-state index < -0.39 is 23.8 Å². The number of hydrogen-bond acceptors (Lipinski definition) is 4. The first-order valence-electron chi connectivity index (χ1n) is 8.73. The van der Waals surface area contributed by atoms with Gasteiger partial charge in [-0.1, -0.05) is 39.0 Å². The molecule has 0 amide bonds. The highest BCUT2D eigenvalue weighted by Crippen LogP contribution is 2.40. The number of hydrogen-bond donors (Lipinski definition) is 2. The van der Waals surface area contributed by atoms with Gasteiger partial charge in [0, 0.05) is 12.6 Å². The Balaban J connectivity index is 2.17. The molecule has 1 fully saturated rings. The summed E-state index contributed by atoms with van der Waals surface area (Å²) >= 11 is 0. The third-order valence-electron chi connectivity index (χ3n) is 5.24. The van der Waals surface area contributed by atoms with Crippen LogP contribution in [0.4, 0.5) is 18.9 Å². The molecular formula is C17H27F3N2O3SSi. The summed E-state index contributed by atoms with van der Waals surface area (Å²) < 4.78 is 69.1. The average molecular weight is 425 g/mol. The van der Waals surface area contributed by atoms with E-state index in [4.69, 9.17) is 4.43 Å². The molecule has 2 N–H and O–H groups in total. The molecular weight excluding hydrogens is 397 g/mol. The summed E-state index contributed by atoms with van der Waals surface area (Å²) in [6.45, 7) is 11.3. The number of rotatable bonds is 5. The van der Waals surface area contributed by atoms with Gasteiger partial charge in [-0.2, -0.15) is 21.6 Å². The minimum atomic E-state index is -5.47. The Morgan fingerprint density at radius 2 is 1.78 bits per heavy atom. The van der Waals surface area contributed by atoms with Crippen LogP contribution >= 0.6 is 0 Å². The zero-order valence-electron chi connectivity index (χ0n) is 16.1. The van der Waals surface area contributed by atoms with Gasteiger partial charge in [-0.25, -0.2) is 0 Å². The van der Waals surface area contributed by atoms with E-state index in [9.17, 15) is 21.6 Å². The summed E-state index contributed by atoms with van der Waals surface area (Å²) in [6, 6.07) is 5.84. The van der Waals surface area contributed by atoms with Crippen molar-refractivity contribution in [3.63, 3.8) is 0 Å². The first-order valence-corrected chi connectivity index (χ1v) is 13.1. The van der Waals surface area contributed by atoms with Crippen molar-refractivity contribution in [2.45, 2.75) is 63.0 Å². The van der Waals surface area contributed by atoms with Crippen LogP contribution in [0, 0.1) is 0 Å². The van der Waals surface area contributed by atoms with Crippen LogP contribution in [-0.2, 0) is 14.4 Å². The lowest BCUT2D eigenvalue weighted by Gasteiger charge is -2.38. The van der Waals surface area contributed by atoms with E-state index in [-0.39, 0.29) is 22.9 Å². The molecule has 0 aliphatic carbocycles. The lowest BCUT2D eigenvalue weighted by molar-refractivity contribution is -0.0429. The maximum Gasteiger partial charge on any atom is 0.516 e. The van der Waals surface area contributed by atoms with Crippen molar-refractivity contribution in [3.8, 4) is 0 Å². The molecule has 10 heteroatoms. The lowest BCUT2D eigenvalue weighted by atomic mass is 10.0. The van der Waals surface area contributed by atoms with Gasteiger partial charge in [0.25, 0.3) is 0 Å². The van der Waals surface area contributed by atoms with Crippen molar-refractivity contribution in [2.24, 2.45) is 0 Å². The van der Waals surface area contributed by atoms with Crippen LogP contribution in [0.5, 0.6) is 0 Å². The van der Waals surface area contributed by atoms with Crippen molar-refractivity contribution >= 4 is 24.0 Å². The highest BCUT2D eigenvalue weighted by atomic mass is 32.2. The number of anilines is 1. The number of alkyl halides is 3. The SMILES string of the molecule is CC(C)(C)[Si](C)(C)O[C@H]1CN[C@H](c2ccccc2NS(=O)(=O)C(F)(F)F)C1. The molecule has 0 bridgehead atoms. The number of benzene rings is 1. The fourth-order valence-electron chi connectivity index (χ4n) is 2.72. The molecule has 1 aromatic carbocycles. The van der Waals surface area contributed by atoms with Crippen molar-refractivity contribution in [1.82, 2.24) is 5.32 Å². The predicted octanol–water partition coefficient (Wildman–Crippen LogP) is 4.37. The molecule has 2 atom stereocenters. The Labute approximate surface area is 159 Å². The second kappa shape index (κ2) is 7.38. The summed E-state index contributed by atoms with van der Waals surface area (Å²) in [5.41, 5.74) is -4.95. The Bertz CT molecular complexity index is 776. The monoisotopic (exact) mass is 424 g/mol. The van der Waals surface area contributed by atoms with Gasteiger partial charge in [0.2, 0.25) is 0 Å². The normalized spacial score (nSPS) is 22.1. The summed E-state index contributed by atoms with van der Waals surface area (Å²) in [6.07, 6.45) is 0.500. The van der Waals surface area contributed by atoms with Gasteiger partial charge in [0.1, 0.15) is 0 Å². The predicted molar refractivity (Wildman–Crippen MR) is 102 cm³/mol. The van der Waals surface area contributed by atoms with E-state index in [2.05, 4.69) is 39.2 Å². The van der Waals surface area contributed by atoms with Crippen LogP contribution in [0.25, 0.3) is 0 Å². The van der Waals surface area contributed by atoms with Crippen LogP contribution in [-0.4, -0.2) is 34.9 Å². The van der Waals surface area contributed by atoms with Gasteiger partial charge in [0.15, 0.2) is 8.32 Å². The van der Waals surface area contributed by atoms with Gasteiger partial charge < -0.3 is 9.74 Å². The van der Waals surface area contributed by atoms with Crippen LogP contribution in [0.15, 0.2) is 24.3 Å². The lowest BCUT2D eigenvalue weighted by Crippen LogP contribution is -2.44. The first-order chi connectivity index (χ1) is 12.1. The van der Waals surface area contributed by atoms with Crippen LogP contribution in [0.3, 0.4) is 0 Å². The molecule has 0 unspecified atom stereocenters. The Morgan fingerprint density at radius 3 is 2.33 bits per heavy atom. The van der Waals surface area contributed by atoms with Crippen molar-refractivity contribution in [2.75, 3.05) is 11.3 Å². The van der Waals surface area contributed by atoms with Crippen molar-refractivity contribution in [3.05, 3.63) is 29.8 Å². The Morgan fingerprint density at radius 1 is 1.19 bits per heavy atom. The smallest absolute Gasteiger partial charge is 0.413 e. The number of nitrogens with one attached hydrogen (secondary N) is 2. The van der Waals surface area contributed by atoms with Crippen LogP contribution in [0.1, 0.15) is 38.8 Å². The maximum atomic E-state index is 12.7. The van der Waals surface area contributed by atoms with Gasteiger partial charge in [-0.15, -0.1) is 0 Å². The summed E-state index contributed by atoms with van der Waals surface area (Å²) in [4.78, 5) is 0. The Hall–Kier alpha value is -1.10. The molecule has 0 spiro atoms. The summed E-state index contributed by atoms with van der Waals surface area (Å²) in [7, 11) is -7.44. The molecule has 1 saturated heterocycles. The number of sulfonamides is 1. The molecule has 0 aromatic heterocycles. The van der Waals surface area contributed by atoms with E-state index in [0.29, 0.717) is 18.5 Å². The fourth-order valence-corrected chi connectivity index (χ4v) is 4.68. The van der Waals surface area contributed by atoms with Gasteiger partial charge in [0.05, 0.1) is 11.8 Å². The quantitative estimate of drug-likeness (QED) is 0.689. The molecule has 0 radical (unpaired) electrons. The molecule has 1 aromatic rings. The van der Waals surface area contributed by atoms with E-state index in [1.54, 1.807) is 16.9 Å². The summed E-state index contributed by atoms with van der Waals surface area (Å²) in [5, 5.41) is 3.29. The minimum Gasteiger partial charge on any atom is -0.413 e.